The van der Waals surface area contributed by atoms with Crippen molar-refractivity contribution < 1.29 is 27.2 Å². The van der Waals surface area contributed by atoms with Gasteiger partial charge in [-0.2, -0.15) is 18.2 Å². The molecule has 2 aromatic heterocycles. The first-order valence-corrected chi connectivity index (χ1v) is 12.4. The van der Waals surface area contributed by atoms with Crippen LogP contribution in [-0.4, -0.2) is 54.5 Å². The van der Waals surface area contributed by atoms with Gasteiger partial charge in [-0.3, -0.25) is 9.59 Å². The minimum Gasteiger partial charge on any atom is -0.417 e. The summed E-state index contributed by atoms with van der Waals surface area (Å²) in [5.74, 6) is -1.17. The van der Waals surface area contributed by atoms with Crippen LogP contribution in [0.5, 0.6) is 0 Å². The smallest absolute Gasteiger partial charge is 0.417 e. The van der Waals surface area contributed by atoms with Crippen molar-refractivity contribution in [3.63, 3.8) is 0 Å². The number of oxazole rings is 1. The zero-order valence-electron chi connectivity index (χ0n) is 20.2. The Balaban J connectivity index is 1.39. The molecule has 36 heavy (non-hydrogen) atoms. The van der Waals surface area contributed by atoms with E-state index < -0.39 is 23.5 Å². The lowest BCUT2D eigenvalue weighted by atomic mass is 9.96. The van der Waals surface area contributed by atoms with Crippen molar-refractivity contribution in [2.24, 2.45) is 5.92 Å². The molecule has 2 aliphatic rings. The Kier molecular flexibility index (Phi) is 8.00. The molecule has 0 atom stereocenters. The Morgan fingerprint density at radius 1 is 1.08 bits per heavy atom. The third-order valence-electron chi connectivity index (χ3n) is 6.46. The van der Waals surface area contributed by atoms with Crippen LogP contribution in [0.4, 0.5) is 30.7 Å². The SMILES string of the molecule is CCCNC(=O)C1CCN(c2ccc(NC(=O)c3oc(N4CCCCC4)nc3C(F)(F)F)cn2)CC1. The number of carbonyl (C=O) groups excluding carboxylic acids is 2. The molecule has 2 aromatic rings. The Bertz CT molecular complexity index is 1040. The van der Waals surface area contributed by atoms with Gasteiger partial charge in [-0.25, -0.2) is 4.98 Å². The maximum absolute atomic E-state index is 13.6. The number of anilines is 3. The van der Waals surface area contributed by atoms with Crippen LogP contribution in [0.25, 0.3) is 0 Å². The van der Waals surface area contributed by atoms with Crippen molar-refractivity contribution in [3.05, 3.63) is 29.8 Å². The molecule has 0 aliphatic carbocycles. The Morgan fingerprint density at radius 3 is 2.42 bits per heavy atom. The van der Waals surface area contributed by atoms with Gasteiger partial charge in [0.15, 0.2) is 5.69 Å². The first-order valence-electron chi connectivity index (χ1n) is 12.4. The lowest BCUT2D eigenvalue weighted by Crippen LogP contribution is -2.41. The zero-order chi connectivity index (χ0) is 25.7. The molecule has 4 rings (SSSR count). The fourth-order valence-electron chi connectivity index (χ4n) is 4.47. The van der Waals surface area contributed by atoms with Gasteiger partial charge in [0.1, 0.15) is 5.82 Å². The van der Waals surface area contributed by atoms with Gasteiger partial charge in [-0.1, -0.05) is 6.92 Å². The second-order valence-electron chi connectivity index (χ2n) is 9.13. The number of hydrogen-bond donors (Lipinski definition) is 2. The van der Waals surface area contributed by atoms with Crippen molar-refractivity contribution in [1.82, 2.24) is 15.3 Å². The zero-order valence-corrected chi connectivity index (χ0v) is 20.2. The molecule has 2 amide bonds. The summed E-state index contributed by atoms with van der Waals surface area (Å²) in [6.45, 7) is 5.07. The van der Waals surface area contributed by atoms with E-state index >= 15 is 0 Å². The highest BCUT2D eigenvalue weighted by molar-refractivity contribution is 6.03. The van der Waals surface area contributed by atoms with E-state index in [2.05, 4.69) is 20.6 Å². The molecular weight excluding hydrogens is 477 g/mol. The Hall–Kier alpha value is -3.31. The summed E-state index contributed by atoms with van der Waals surface area (Å²) in [7, 11) is 0. The third-order valence-corrected chi connectivity index (χ3v) is 6.46. The van der Waals surface area contributed by atoms with Gasteiger partial charge < -0.3 is 24.9 Å². The van der Waals surface area contributed by atoms with Crippen LogP contribution in [0.1, 0.15) is 61.7 Å². The van der Waals surface area contributed by atoms with Crippen LogP contribution >= 0.6 is 0 Å². The molecule has 2 saturated heterocycles. The number of piperidine rings is 2. The average Bonchev–Trinajstić information content (AvgIpc) is 3.35. The standard InChI is InChI=1S/C24H31F3N6O3/c1-2-10-28-21(34)16-8-13-32(14-9-16)18-7-6-17(15-29-18)30-22(35)19-20(24(25,26)27)31-23(36-19)33-11-4-3-5-12-33/h6-7,15-16H,2-5,8-14H2,1H3,(H,28,34)(H,30,35). The molecule has 0 unspecified atom stereocenters. The molecule has 0 aromatic carbocycles. The van der Waals surface area contributed by atoms with Crippen LogP contribution in [0.2, 0.25) is 0 Å². The second kappa shape index (κ2) is 11.2. The van der Waals surface area contributed by atoms with Gasteiger partial charge in [0.05, 0.1) is 11.9 Å². The van der Waals surface area contributed by atoms with Crippen molar-refractivity contribution in [1.29, 1.82) is 0 Å². The summed E-state index contributed by atoms with van der Waals surface area (Å²) >= 11 is 0. The first-order chi connectivity index (χ1) is 17.3. The number of nitrogens with one attached hydrogen (secondary N) is 2. The summed E-state index contributed by atoms with van der Waals surface area (Å²) < 4.78 is 46.0. The topological polar surface area (TPSA) is 104 Å². The molecule has 0 spiro atoms. The highest BCUT2D eigenvalue weighted by Gasteiger charge is 2.42. The second-order valence-corrected chi connectivity index (χ2v) is 9.13. The highest BCUT2D eigenvalue weighted by atomic mass is 19.4. The summed E-state index contributed by atoms with van der Waals surface area (Å²) in [5.41, 5.74) is -1.10. The normalized spacial score (nSPS) is 17.2. The third kappa shape index (κ3) is 6.08. The predicted molar refractivity (Wildman–Crippen MR) is 128 cm³/mol. The van der Waals surface area contributed by atoms with E-state index in [4.69, 9.17) is 4.42 Å². The van der Waals surface area contributed by atoms with Gasteiger partial charge in [-0.05, 0) is 50.7 Å². The van der Waals surface area contributed by atoms with E-state index in [0.29, 0.717) is 51.4 Å². The first kappa shape index (κ1) is 25.8. The van der Waals surface area contributed by atoms with Crippen LogP contribution in [0.15, 0.2) is 22.7 Å². The molecule has 0 saturated carbocycles. The molecule has 196 valence electrons. The summed E-state index contributed by atoms with van der Waals surface area (Å²) in [4.78, 5) is 36.5. The Labute approximate surface area is 207 Å². The van der Waals surface area contributed by atoms with E-state index in [0.717, 1.165) is 25.7 Å². The molecule has 2 aliphatic heterocycles. The molecule has 9 nitrogen and oxygen atoms in total. The highest BCUT2D eigenvalue weighted by Crippen LogP contribution is 2.35. The number of amides is 2. The summed E-state index contributed by atoms with van der Waals surface area (Å²) in [6.07, 6.45) is 1.52. The fourth-order valence-corrected chi connectivity index (χ4v) is 4.47. The monoisotopic (exact) mass is 508 g/mol. The number of rotatable bonds is 7. The molecule has 2 fully saturated rings. The molecule has 0 radical (unpaired) electrons. The maximum atomic E-state index is 13.6. The lowest BCUT2D eigenvalue weighted by molar-refractivity contribution is -0.141. The number of hydrogen-bond acceptors (Lipinski definition) is 7. The number of pyridine rings is 1. The van der Waals surface area contributed by atoms with Crippen molar-refractivity contribution in [2.75, 3.05) is 47.8 Å². The summed E-state index contributed by atoms with van der Waals surface area (Å²) in [6, 6.07) is 3.08. The van der Waals surface area contributed by atoms with E-state index in [1.807, 2.05) is 11.8 Å². The molecule has 12 heteroatoms. The molecular formula is C24H31F3N6O3. The quantitative estimate of drug-likeness (QED) is 0.581. The van der Waals surface area contributed by atoms with Gasteiger partial charge in [0.2, 0.25) is 11.7 Å². The largest absolute Gasteiger partial charge is 0.437 e. The van der Waals surface area contributed by atoms with E-state index in [1.54, 1.807) is 17.0 Å². The predicted octanol–water partition coefficient (Wildman–Crippen LogP) is 4.07. The maximum Gasteiger partial charge on any atom is 0.437 e. The molecule has 4 heterocycles. The fraction of sp³-hybridized carbons (Fsp3) is 0.583. The van der Waals surface area contributed by atoms with Gasteiger partial charge in [0, 0.05) is 38.6 Å². The van der Waals surface area contributed by atoms with E-state index in [-0.39, 0.29) is 23.5 Å². The Morgan fingerprint density at radius 2 is 1.81 bits per heavy atom. The number of nitrogens with zero attached hydrogens (tertiary/aromatic N) is 4. The number of alkyl halides is 3. The van der Waals surface area contributed by atoms with Crippen LogP contribution in [-0.2, 0) is 11.0 Å². The number of carbonyl (C=O) groups is 2. The average molecular weight is 509 g/mol. The van der Waals surface area contributed by atoms with E-state index in [1.165, 1.54) is 6.20 Å². The van der Waals surface area contributed by atoms with Crippen LogP contribution < -0.4 is 20.4 Å². The van der Waals surface area contributed by atoms with Crippen molar-refractivity contribution >= 4 is 29.3 Å². The van der Waals surface area contributed by atoms with E-state index in [9.17, 15) is 22.8 Å². The minimum absolute atomic E-state index is 0.0223. The van der Waals surface area contributed by atoms with Crippen molar-refractivity contribution in [3.8, 4) is 0 Å². The van der Waals surface area contributed by atoms with Gasteiger partial charge in [0.25, 0.3) is 11.9 Å². The minimum atomic E-state index is -4.83. The molecule has 2 N–H and O–H groups in total. The van der Waals surface area contributed by atoms with Crippen LogP contribution in [0, 0.1) is 5.92 Å². The number of halogens is 3. The molecule has 0 bridgehead atoms. The van der Waals surface area contributed by atoms with Crippen LogP contribution in [0.3, 0.4) is 0 Å². The lowest BCUT2D eigenvalue weighted by Gasteiger charge is -2.32. The van der Waals surface area contributed by atoms with Gasteiger partial charge >= 0.3 is 6.18 Å². The summed E-state index contributed by atoms with van der Waals surface area (Å²) in [5, 5.41) is 5.36. The number of aromatic nitrogens is 2. The van der Waals surface area contributed by atoms with Crippen molar-refractivity contribution in [2.45, 2.75) is 51.6 Å². The van der Waals surface area contributed by atoms with Gasteiger partial charge in [-0.15, -0.1) is 0 Å².